The number of carbonyl (C=O) groups excluding carboxylic acids is 3. The fraction of sp³-hybridized carbons (Fsp3) is 0.864. The number of allylic oxidation sites excluding steroid dienone is 6. The number of rotatable bonds is 59. The van der Waals surface area contributed by atoms with Crippen LogP contribution in [0, 0.1) is 0 Å². The fourth-order valence-electron chi connectivity index (χ4n) is 9.47. The zero-order valence-electron chi connectivity index (χ0n) is 48.5. The molecular weight excluding hydrogens is 889 g/mol. The Morgan fingerprint density at radius 3 is 0.764 bits per heavy atom. The molecule has 422 valence electrons. The maximum Gasteiger partial charge on any atom is 0.306 e. The molecule has 0 radical (unpaired) electrons. The minimum Gasteiger partial charge on any atom is -0.462 e. The Morgan fingerprint density at radius 1 is 0.264 bits per heavy atom. The smallest absolute Gasteiger partial charge is 0.306 e. The maximum absolute atomic E-state index is 12.8. The van der Waals surface area contributed by atoms with Crippen LogP contribution in [0.5, 0.6) is 0 Å². The molecule has 0 aliphatic heterocycles. The van der Waals surface area contributed by atoms with E-state index in [-0.39, 0.29) is 31.1 Å². The van der Waals surface area contributed by atoms with Crippen molar-refractivity contribution in [3.63, 3.8) is 0 Å². The lowest BCUT2D eigenvalue weighted by Crippen LogP contribution is -2.30. The molecule has 0 saturated carbocycles. The van der Waals surface area contributed by atoms with Gasteiger partial charge in [0.1, 0.15) is 13.2 Å². The molecule has 0 saturated heterocycles. The van der Waals surface area contributed by atoms with E-state index in [9.17, 15) is 14.4 Å². The van der Waals surface area contributed by atoms with Gasteiger partial charge in [0.05, 0.1) is 0 Å². The van der Waals surface area contributed by atoms with Crippen LogP contribution in [0.3, 0.4) is 0 Å². The third-order valence-corrected chi connectivity index (χ3v) is 14.3. The van der Waals surface area contributed by atoms with Crippen LogP contribution in [0.15, 0.2) is 36.5 Å². The molecule has 0 spiro atoms. The third kappa shape index (κ3) is 58.5. The van der Waals surface area contributed by atoms with Crippen molar-refractivity contribution < 1.29 is 28.6 Å². The molecule has 0 N–H and O–H groups in total. The molecule has 1 unspecified atom stereocenters. The lowest BCUT2D eigenvalue weighted by molar-refractivity contribution is -0.167. The number of esters is 3. The summed E-state index contributed by atoms with van der Waals surface area (Å²) in [4.78, 5) is 38.1. The highest BCUT2D eigenvalue weighted by atomic mass is 16.6. The van der Waals surface area contributed by atoms with Crippen molar-refractivity contribution in [1.82, 2.24) is 0 Å². The number of hydrogen-bond acceptors (Lipinski definition) is 6. The molecule has 0 aromatic carbocycles. The van der Waals surface area contributed by atoms with Gasteiger partial charge in [-0.15, -0.1) is 0 Å². The molecule has 0 bridgehead atoms. The van der Waals surface area contributed by atoms with Crippen molar-refractivity contribution >= 4 is 17.9 Å². The van der Waals surface area contributed by atoms with Gasteiger partial charge < -0.3 is 14.2 Å². The second-order valence-electron chi connectivity index (χ2n) is 21.7. The second kappa shape index (κ2) is 61.2. The number of carbonyl (C=O) groups is 3. The van der Waals surface area contributed by atoms with E-state index in [0.717, 1.165) is 77.0 Å². The zero-order chi connectivity index (χ0) is 52.2. The molecule has 6 heteroatoms. The van der Waals surface area contributed by atoms with Gasteiger partial charge in [-0.25, -0.2) is 0 Å². The Morgan fingerprint density at radius 2 is 0.472 bits per heavy atom. The van der Waals surface area contributed by atoms with Gasteiger partial charge >= 0.3 is 17.9 Å². The standard InChI is InChI=1S/C66H122O6/c1-4-7-10-13-16-19-22-24-25-26-27-28-29-30-31-32-33-34-35-36-37-38-39-40-41-42-45-47-50-53-56-59-65(68)71-62-63(61-70-64(67)58-55-52-49-46-43-21-18-15-12-9-6-3)72-66(69)60-57-54-51-48-44-23-20-17-14-11-8-5-2/h15,17-18,20,26-27,63H,4-14,16,19,21-25,28-62H2,1-3H3/b18-15-,20-17-,27-26-. The first-order valence-electron chi connectivity index (χ1n) is 32.0. The van der Waals surface area contributed by atoms with E-state index in [2.05, 4.69) is 57.2 Å². The first-order valence-corrected chi connectivity index (χ1v) is 32.0. The van der Waals surface area contributed by atoms with Gasteiger partial charge in [-0.1, -0.05) is 276 Å². The highest BCUT2D eigenvalue weighted by molar-refractivity contribution is 5.71. The Hall–Kier alpha value is -2.37. The van der Waals surface area contributed by atoms with Gasteiger partial charge in [-0.2, -0.15) is 0 Å². The third-order valence-electron chi connectivity index (χ3n) is 14.3. The van der Waals surface area contributed by atoms with Crippen LogP contribution in [0.4, 0.5) is 0 Å². The van der Waals surface area contributed by atoms with Crippen molar-refractivity contribution in [1.29, 1.82) is 0 Å². The summed E-state index contributed by atoms with van der Waals surface area (Å²) in [5.41, 5.74) is 0. The summed E-state index contributed by atoms with van der Waals surface area (Å²) < 4.78 is 16.8. The van der Waals surface area contributed by atoms with E-state index in [0.29, 0.717) is 19.3 Å². The van der Waals surface area contributed by atoms with E-state index in [1.807, 2.05) is 0 Å². The maximum atomic E-state index is 12.8. The molecule has 72 heavy (non-hydrogen) atoms. The second-order valence-corrected chi connectivity index (χ2v) is 21.7. The van der Waals surface area contributed by atoms with Crippen LogP contribution in [-0.4, -0.2) is 37.2 Å². The van der Waals surface area contributed by atoms with Crippen LogP contribution in [0.1, 0.15) is 348 Å². The Balaban J connectivity index is 4.04. The van der Waals surface area contributed by atoms with Crippen molar-refractivity contribution in [3.05, 3.63) is 36.5 Å². The summed E-state index contributed by atoms with van der Waals surface area (Å²) in [7, 11) is 0. The first kappa shape index (κ1) is 69.6. The quantitative estimate of drug-likeness (QED) is 0.0261. The Bertz CT molecular complexity index is 1210. The first-order chi connectivity index (χ1) is 35.5. The van der Waals surface area contributed by atoms with Crippen LogP contribution in [-0.2, 0) is 28.6 Å². The predicted octanol–water partition coefficient (Wildman–Crippen LogP) is 21.6. The lowest BCUT2D eigenvalue weighted by Gasteiger charge is -2.18. The average molecular weight is 1010 g/mol. The fourth-order valence-corrected chi connectivity index (χ4v) is 9.47. The van der Waals surface area contributed by atoms with E-state index >= 15 is 0 Å². The number of hydrogen-bond donors (Lipinski definition) is 0. The van der Waals surface area contributed by atoms with E-state index < -0.39 is 6.10 Å². The van der Waals surface area contributed by atoms with E-state index in [1.165, 1.54) is 231 Å². The average Bonchev–Trinajstić information content (AvgIpc) is 3.38. The van der Waals surface area contributed by atoms with Crippen LogP contribution in [0.25, 0.3) is 0 Å². The molecule has 0 aromatic rings. The van der Waals surface area contributed by atoms with Gasteiger partial charge in [0.25, 0.3) is 0 Å². The largest absolute Gasteiger partial charge is 0.462 e. The molecule has 0 rings (SSSR count). The van der Waals surface area contributed by atoms with Gasteiger partial charge in [-0.3, -0.25) is 14.4 Å². The number of unbranched alkanes of at least 4 members (excludes halogenated alkanes) is 42. The molecular formula is C66H122O6. The summed E-state index contributed by atoms with van der Waals surface area (Å²) in [5, 5.41) is 0. The predicted molar refractivity (Wildman–Crippen MR) is 312 cm³/mol. The van der Waals surface area contributed by atoms with Gasteiger partial charge in [-0.05, 0) is 89.9 Å². The normalized spacial score (nSPS) is 12.2. The van der Waals surface area contributed by atoms with Crippen LogP contribution >= 0.6 is 0 Å². The molecule has 0 amide bonds. The van der Waals surface area contributed by atoms with Crippen molar-refractivity contribution in [2.75, 3.05) is 13.2 Å². The van der Waals surface area contributed by atoms with Crippen LogP contribution < -0.4 is 0 Å². The van der Waals surface area contributed by atoms with Gasteiger partial charge in [0, 0.05) is 19.3 Å². The van der Waals surface area contributed by atoms with Gasteiger partial charge in [0.2, 0.25) is 0 Å². The molecule has 6 nitrogen and oxygen atoms in total. The zero-order valence-corrected chi connectivity index (χ0v) is 48.5. The van der Waals surface area contributed by atoms with Crippen molar-refractivity contribution in [3.8, 4) is 0 Å². The summed E-state index contributed by atoms with van der Waals surface area (Å²) in [6.45, 7) is 6.60. The molecule has 1 atom stereocenters. The monoisotopic (exact) mass is 1010 g/mol. The molecule has 0 fully saturated rings. The molecule has 0 aliphatic carbocycles. The summed E-state index contributed by atoms with van der Waals surface area (Å²) >= 11 is 0. The number of ether oxygens (including phenoxy) is 3. The van der Waals surface area contributed by atoms with Gasteiger partial charge in [0.15, 0.2) is 6.10 Å². The highest BCUT2D eigenvalue weighted by Gasteiger charge is 2.19. The minimum absolute atomic E-state index is 0.0746. The Kier molecular flexibility index (Phi) is 59.2. The summed E-state index contributed by atoms with van der Waals surface area (Å²) in [6, 6.07) is 0. The molecule has 0 aliphatic rings. The van der Waals surface area contributed by atoms with Crippen molar-refractivity contribution in [2.45, 2.75) is 354 Å². The topological polar surface area (TPSA) is 78.9 Å². The van der Waals surface area contributed by atoms with E-state index in [4.69, 9.17) is 14.2 Å². The Labute approximate surface area is 448 Å². The summed E-state index contributed by atoms with van der Waals surface area (Å²) in [6.07, 6.45) is 74.7. The highest BCUT2D eigenvalue weighted by Crippen LogP contribution is 2.17. The molecule has 0 heterocycles. The molecule has 0 aromatic heterocycles. The SMILES string of the molecule is CCCC/C=C\CCCCCCCC(=O)OCC(COC(=O)CCCCCCCCCCCCCCCCCCCCC/C=C\CCCCCCCCCC)OC(=O)CCCCCCC/C=C\CCCCC. The van der Waals surface area contributed by atoms with E-state index in [1.54, 1.807) is 0 Å². The van der Waals surface area contributed by atoms with Crippen molar-refractivity contribution in [2.24, 2.45) is 0 Å². The minimum atomic E-state index is -0.776. The summed E-state index contributed by atoms with van der Waals surface area (Å²) in [5.74, 6) is -0.877. The van der Waals surface area contributed by atoms with Crippen LogP contribution in [0.2, 0.25) is 0 Å². The lowest BCUT2D eigenvalue weighted by atomic mass is 10.0.